The third-order valence-electron chi connectivity index (χ3n) is 9.99. The summed E-state index contributed by atoms with van der Waals surface area (Å²) in [5.41, 5.74) is 0. The molecule has 6 nitrogen and oxygen atoms in total. The van der Waals surface area contributed by atoms with E-state index in [1.807, 2.05) is 0 Å². The van der Waals surface area contributed by atoms with Gasteiger partial charge in [0.15, 0.2) is 0 Å². The molecule has 0 aliphatic rings. The predicted octanol–water partition coefficient (Wildman–Crippen LogP) is 11.5. The highest BCUT2D eigenvalue weighted by Crippen LogP contribution is 2.14. The molecule has 0 aromatic rings. The molecule has 0 fully saturated rings. The smallest absolute Gasteiger partial charge is 0.249 e. The summed E-state index contributed by atoms with van der Waals surface area (Å²) < 4.78 is 0. The Hall–Kier alpha value is -1.73. The highest BCUT2D eigenvalue weighted by atomic mass is 16.3. The van der Waals surface area contributed by atoms with Crippen molar-refractivity contribution in [3.8, 4) is 0 Å². The summed E-state index contributed by atoms with van der Waals surface area (Å²) >= 11 is 0. The van der Waals surface area contributed by atoms with Gasteiger partial charge in [-0.2, -0.15) is 0 Å². The van der Waals surface area contributed by atoms with E-state index in [1.165, 1.54) is 116 Å². The van der Waals surface area contributed by atoms with Crippen molar-refractivity contribution in [3.63, 3.8) is 0 Å². The van der Waals surface area contributed by atoms with E-state index in [9.17, 15) is 25.2 Å². The van der Waals surface area contributed by atoms with Gasteiger partial charge >= 0.3 is 0 Å². The Balaban J connectivity index is 3.77. The average Bonchev–Trinajstić information content (AvgIpc) is 3.15. The number of allylic oxidation sites excluding steroid dienone is 8. The molecule has 5 N–H and O–H groups in total. The lowest BCUT2D eigenvalue weighted by atomic mass is 10.00. The summed E-state index contributed by atoms with van der Waals surface area (Å²) in [6, 6.07) is -1.01. The van der Waals surface area contributed by atoms with Gasteiger partial charge in [0, 0.05) is 0 Å². The van der Waals surface area contributed by atoms with Gasteiger partial charge in [-0.15, -0.1) is 0 Å². The predicted molar refractivity (Wildman–Crippen MR) is 223 cm³/mol. The minimum atomic E-state index is -1.29. The quantitative estimate of drug-likeness (QED) is 0.0319. The molecular weight excluding hydrogens is 647 g/mol. The van der Waals surface area contributed by atoms with E-state index < -0.39 is 36.9 Å². The van der Waals surface area contributed by atoms with E-state index in [2.05, 4.69) is 67.8 Å². The number of aliphatic hydroxyl groups excluding tert-OH is 4. The number of aliphatic hydroxyl groups is 4. The van der Waals surface area contributed by atoms with Gasteiger partial charge in [0.1, 0.15) is 12.2 Å². The fourth-order valence-corrected chi connectivity index (χ4v) is 6.45. The van der Waals surface area contributed by atoms with E-state index in [0.717, 1.165) is 57.8 Å². The molecule has 0 spiro atoms. The third kappa shape index (κ3) is 34.1. The summed E-state index contributed by atoms with van der Waals surface area (Å²) in [5, 5.41) is 43.5. The van der Waals surface area contributed by atoms with Gasteiger partial charge < -0.3 is 25.7 Å². The Morgan fingerprint density at radius 1 is 0.481 bits per heavy atom. The first-order chi connectivity index (χ1) is 25.5. The molecule has 0 radical (unpaired) electrons. The molecule has 0 aliphatic heterocycles. The minimum absolute atomic E-state index is 0.352. The molecule has 4 atom stereocenters. The molecule has 304 valence electrons. The van der Waals surface area contributed by atoms with Crippen molar-refractivity contribution in [2.75, 3.05) is 6.61 Å². The number of rotatable bonds is 39. The zero-order valence-electron chi connectivity index (χ0n) is 34.0. The van der Waals surface area contributed by atoms with Gasteiger partial charge in [0.2, 0.25) is 5.91 Å². The Labute approximate surface area is 321 Å². The summed E-state index contributed by atoms with van der Waals surface area (Å²) in [7, 11) is 0. The average molecular weight is 732 g/mol. The van der Waals surface area contributed by atoms with E-state index in [0.29, 0.717) is 19.3 Å². The largest absolute Gasteiger partial charge is 0.394 e. The number of carbonyl (C=O) groups is 1. The van der Waals surface area contributed by atoms with Crippen LogP contribution in [0.15, 0.2) is 48.6 Å². The van der Waals surface area contributed by atoms with Crippen LogP contribution in [0.3, 0.4) is 0 Å². The van der Waals surface area contributed by atoms with Crippen molar-refractivity contribution in [2.24, 2.45) is 0 Å². The van der Waals surface area contributed by atoms with Crippen LogP contribution in [0.4, 0.5) is 0 Å². The fraction of sp³-hybridized carbons (Fsp3) is 0.804. The monoisotopic (exact) mass is 732 g/mol. The van der Waals surface area contributed by atoms with Gasteiger partial charge in [0.05, 0.1) is 18.8 Å². The van der Waals surface area contributed by atoms with Crippen LogP contribution in [0.2, 0.25) is 0 Å². The lowest BCUT2D eigenvalue weighted by Gasteiger charge is -2.27. The van der Waals surface area contributed by atoms with Crippen LogP contribution < -0.4 is 5.32 Å². The van der Waals surface area contributed by atoms with Crippen LogP contribution in [-0.2, 0) is 4.79 Å². The molecule has 0 saturated heterocycles. The molecule has 0 bridgehead atoms. The highest BCUT2D eigenvalue weighted by Gasteiger charge is 2.28. The highest BCUT2D eigenvalue weighted by molar-refractivity contribution is 5.80. The Morgan fingerprint density at radius 2 is 0.865 bits per heavy atom. The lowest BCUT2D eigenvalue weighted by molar-refractivity contribution is -0.132. The second-order valence-corrected chi connectivity index (χ2v) is 15.0. The SMILES string of the molecule is CCCCC/C=C/CC/C=C/CCCC(O)C(O)C(CO)NC(=O)C(O)CCCCCCCCCC/C=C\C/C=C\CCCCCCCCCCC. The van der Waals surface area contributed by atoms with Crippen molar-refractivity contribution in [3.05, 3.63) is 48.6 Å². The van der Waals surface area contributed by atoms with Crippen LogP contribution in [0.25, 0.3) is 0 Å². The number of nitrogens with one attached hydrogen (secondary N) is 1. The summed E-state index contributed by atoms with van der Waals surface area (Å²) in [5.74, 6) is -0.605. The van der Waals surface area contributed by atoms with Gasteiger partial charge in [-0.25, -0.2) is 0 Å². The standard InChI is InChI=1S/C46H85NO5/c1-3-5-7-9-11-13-15-17-18-19-20-21-22-23-24-25-26-27-28-30-32-34-36-38-40-44(50)46(52)47-42(41-48)45(51)43(49)39-37-35-33-31-29-16-14-12-10-8-6-4-2/h12,14,20-21,23-24,31,33,42-45,48-51H,3-11,13,15-19,22,25-30,32,34-41H2,1-2H3,(H,47,52)/b14-12+,21-20-,24-23-,33-31+. The minimum Gasteiger partial charge on any atom is -0.394 e. The Kier molecular flexibility index (Phi) is 39.1. The maximum Gasteiger partial charge on any atom is 0.249 e. The van der Waals surface area contributed by atoms with Crippen LogP contribution in [0.5, 0.6) is 0 Å². The van der Waals surface area contributed by atoms with Crippen molar-refractivity contribution in [1.29, 1.82) is 0 Å². The summed E-state index contributed by atoms with van der Waals surface area (Å²) in [6.45, 7) is 3.99. The first-order valence-corrected chi connectivity index (χ1v) is 22.0. The Morgan fingerprint density at radius 3 is 1.37 bits per heavy atom. The third-order valence-corrected chi connectivity index (χ3v) is 9.99. The topological polar surface area (TPSA) is 110 Å². The summed E-state index contributed by atoms with van der Waals surface area (Å²) in [4.78, 5) is 12.5. The first-order valence-electron chi connectivity index (χ1n) is 22.0. The molecule has 0 saturated carbocycles. The van der Waals surface area contributed by atoms with Gasteiger partial charge in [-0.3, -0.25) is 4.79 Å². The van der Waals surface area contributed by atoms with Crippen LogP contribution >= 0.6 is 0 Å². The van der Waals surface area contributed by atoms with Crippen molar-refractivity contribution >= 4 is 5.91 Å². The molecule has 6 heteroatoms. The van der Waals surface area contributed by atoms with E-state index >= 15 is 0 Å². The van der Waals surface area contributed by atoms with E-state index in [1.54, 1.807) is 0 Å². The number of hydrogen-bond acceptors (Lipinski definition) is 5. The summed E-state index contributed by atoms with van der Waals surface area (Å²) in [6.07, 6.45) is 48.6. The molecule has 0 heterocycles. The maximum atomic E-state index is 12.5. The number of amides is 1. The van der Waals surface area contributed by atoms with E-state index in [-0.39, 0.29) is 0 Å². The zero-order valence-corrected chi connectivity index (χ0v) is 34.0. The van der Waals surface area contributed by atoms with E-state index in [4.69, 9.17) is 0 Å². The first kappa shape index (κ1) is 50.3. The van der Waals surface area contributed by atoms with Gasteiger partial charge in [0.25, 0.3) is 0 Å². The molecule has 1 amide bonds. The lowest BCUT2D eigenvalue weighted by Crippen LogP contribution is -2.53. The van der Waals surface area contributed by atoms with Gasteiger partial charge in [-0.1, -0.05) is 172 Å². The molecular formula is C46H85NO5. The normalized spacial score (nSPS) is 14.7. The molecule has 0 aromatic carbocycles. The Bertz CT molecular complexity index is 869. The van der Waals surface area contributed by atoms with Gasteiger partial charge in [-0.05, 0) is 83.5 Å². The number of carbonyl (C=O) groups excluding carboxylic acids is 1. The molecule has 52 heavy (non-hydrogen) atoms. The fourth-order valence-electron chi connectivity index (χ4n) is 6.45. The van der Waals surface area contributed by atoms with Crippen LogP contribution in [0, 0.1) is 0 Å². The zero-order chi connectivity index (χ0) is 38.2. The number of unbranched alkanes of at least 4 members (excludes halogenated alkanes) is 22. The van der Waals surface area contributed by atoms with Crippen LogP contribution in [-0.4, -0.2) is 57.3 Å². The van der Waals surface area contributed by atoms with Crippen molar-refractivity contribution in [1.82, 2.24) is 5.32 Å². The van der Waals surface area contributed by atoms with Crippen molar-refractivity contribution < 1.29 is 25.2 Å². The molecule has 0 aliphatic carbocycles. The second-order valence-electron chi connectivity index (χ2n) is 15.0. The van der Waals surface area contributed by atoms with Crippen LogP contribution in [0.1, 0.15) is 206 Å². The second kappa shape index (κ2) is 40.5. The number of hydrogen-bond donors (Lipinski definition) is 5. The molecule has 4 unspecified atom stereocenters. The maximum absolute atomic E-state index is 12.5. The molecule has 0 rings (SSSR count). The van der Waals surface area contributed by atoms with Crippen molar-refractivity contribution in [2.45, 2.75) is 231 Å². The molecule has 0 aromatic heterocycles.